The van der Waals surface area contributed by atoms with Crippen LogP contribution in [0.1, 0.15) is 34.7 Å². The number of nitrogens with one attached hydrogen (secondary N) is 1. The minimum atomic E-state index is -0.209. The topological polar surface area (TPSA) is 64.6 Å². The number of carbonyl (C=O) groups is 1. The summed E-state index contributed by atoms with van der Waals surface area (Å²) in [7, 11) is 0. The van der Waals surface area contributed by atoms with Crippen molar-refractivity contribution in [2.75, 3.05) is 13.2 Å². The third-order valence-corrected chi connectivity index (χ3v) is 4.66. The molecule has 4 rings (SSSR count). The second-order valence-electron chi connectivity index (χ2n) is 6.39. The molecule has 142 valence electrons. The smallest absolute Gasteiger partial charge is 0.255 e. The average Bonchev–Trinajstić information content (AvgIpc) is 3.43. The summed E-state index contributed by atoms with van der Waals surface area (Å²) in [6.45, 7) is 2.73. The number of rotatable bonds is 7. The molecule has 4 aromatic rings. The van der Waals surface area contributed by atoms with Crippen molar-refractivity contribution in [3.05, 3.63) is 90.3 Å². The van der Waals surface area contributed by atoms with Crippen molar-refractivity contribution < 1.29 is 18.4 Å². The lowest BCUT2D eigenvalue weighted by Gasteiger charge is -2.16. The number of furan rings is 2. The lowest BCUT2D eigenvalue weighted by atomic mass is 10.0. The van der Waals surface area contributed by atoms with Crippen LogP contribution in [0.25, 0.3) is 10.8 Å². The second kappa shape index (κ2) is 8.05. The Hall–Kier alpha value is -3.47. The first-order valence-electron chi connectivity index (χ1n) is 9.27. The molecule has 2 aromatic heterocycles. The lowest BCUT2D eigenvalue weighted by molar-refractivity contribution is 0.0949. The Balaban J connectivity index is 1.64. The van der Waals surface area contributed by atoms with Gasteiger partial charge in [0.15, 0.2) is 0 Å². The molecule has 28 heavy (non-hydrogen) atoms. The number of hydrogen-bond acceptors (Lipinski definition) is 4. The number of carbonyl (C=O) groups excluding carboxylic acids is 1. The van der Waals surface area contributed by atoms with Crippen LogP contribution in [0.2, 0.25) is 0 Å². The first-order chi connectivity index (χ1) is 13.8. The Morgan fingerprint density at radius 1 is 0.964 bits per heavy atom. The summed E-state index contributed by atoms with van der Waals surface area (Å²) < 4.78 is 16.8. The number of ether oxygens (including phenoxy) is 1. The molecular weight excluding hydrogens is 354 g/mol. The summed E-state index contributed by atoms with van der Waals surface area (Å²) in [5.74, 6) is 1.64. The van der Waals surface area contributed by atoms with Gasteiger partial charge in [0.05, 0.1) is 30.6 Å². The molecule has 0 radical (unpaired) electrons. The molecule has 0 saturated heterocycles. The van der Waals surface area contributed by atoms with E-state index < -0.39 is 0 Å². The van der Waals surface area contributed by atoms with Gasteiger partial charge in [0.1, 0.15) is 17.3 Å². The maximum atomic E-state index is 13.1. The molecule has 0 aliphatic rings. The first-order valence-corrected chi connectivity index (χ1v) is 9.27. The van der Waals surface area contributed by atoms with Gasteiger partial charge in [-0.05, 0) is 48.0 Å². The molecule has 1 amide bonds. The molecule has 0 atom stereocenters. The second-order valence-corrected chi connectivity index (χ2v) is 6.39. The van der Waals surface area contributed by atoms with Gasteiger partial charge in [-0.15, -0.1) is 0 Å². The minimum Gasteiger partial charge on any atom is -0.493 e. The highest BCUT2D eigenvalue weighted by molar-refractivity contribution is 6.09. The maximum absolute atomic E-state index is 13.1. The normalized spacial score (nSPS) is 11.1. The Kier molecular flexibility index (Phi) is 5.15. The zero-order valence-electron chi connectivity index (χ0n) is 15.6. The van der Waals surface area contributed by atoms with Crippen LogP contribution in [0.15, 0.2) is 82.0 Å². The number of amides is 1. The van der Waals surface area contributed by atoms with Crippen LogP contribution in [0.3, 0.4) is 0 Å². The Labute approximate surface area is 162 Å². The quantitative estimate of drug-likeness (QED) is 0.494. The summed E-state index contributed by atoms with van der Waals surface area (Å²) in [6, 6.07) is 19.0. The molecular formula is C23H21NO4. The van der Waals surface area contributed by atoms with E-state index in [1.807, 2.05) is 67.6 Å². The van der Waals surface area contributed by atoms with Gasteiger partial charge in [-0.2, -0.15) is 0 Å². The summed E-state index contributed by atoms with van der Waals surface area (Å²) in [6.07, 6.45) is 3.23. The largest absolute Gasteiger partial charge is 0.493 e. The van der Waals surface area contributed by atoms with Gasteiger partial charge < -0.3 is 18.9 Å². The molecule has 0 aliphatic carbocycles. The highest BCUT2D eigenvalue weighted by Gasteiger charge is 2.23. The fraction of sp³-hybridized carbons (Fsp3) is 0.174. The van der Waals surface area contributed by atoms with Crippen LogP contribution in [-0.4, -0.2) is 19.1 Å². The van der Waals surface area contributed by atoms with Crippen molar-refractivity contribution in [2.45, 2.75) is 12.8 Å². The van der Waals surface area contributed by atoms with Crippen molar-refractivity contribution in [2.24, 2.45) is 0 Å². The van der Waals surface area contributed by atoms with Gasteiger partial charge in [0, 0.05) is 6.54 Å². The molecule has 0 saturated carbocycles. The van der Waals surface area contributed by atoms with Crippen LogP contribution in [0.4, 0.5) is 0 Å². The SMILES string of the molecule is CCOc1ccc2ccccc2c1C(=O)NCC(c1ccco1)c1ccco1. The molecule has 5 heteroatoms. The highest BCUT2D eigenvalue weighted by atomic mass is 16.5. The Morgan fingerprint density at radius 2 is 1.68 bits per heavy atom. The summed E-state index contributed by atoms with van der Waals surface area (Å²) in [5, 5.41) is 4.88. The summed E-state index contributed by atoms with van der Waals surface area (Å²) in [4.78, 5) is 13.1. The van der Waals surface area contributed by atoms with Gasteiger partial charge >= 0.3 is 0 Å². The number of fused-ring (bicyclic) bond motifs is 1. The van der Waals surface area contributed by atoms with Gasteiger partial charge in [-0.25, -0.2) is 0 Å². The van der Waals surface area contributed by atoms with Crippen molar-refractivity contribution in [3.63, 3.8) is 0 Å². The molecule has 0 bridgehead atoms. The Bertz CT molecular complexity index is 1020. The lowest BCUT2D eigenvalue weighted by Crippen LogP contribution is -2.29. The van der Waals surface area contributed by atoms with Crippen molar-refractivity contribution in [1.29, 1.82) is 0 Å². The fourth-order valence-electron chi connectivity index (χ4n) is 3.37. The molecule has 2 heterocycles. The third-order valence-electron chi connectivity index (χ3n) is 4.66. The molecule has 0 unspecified atom stereocenters. The zero-order valence-corrected chi connectivity index (χ0v) is 15.6. The van der Waals surface area contributed by atoms with E-state index >= 15 is 0 Å². The van der Waals surface area contributed by atoms with Crippen molar-refractivity contribution in [3.8, 4) is 5.75 Å². The van der Waals surface area contributed by atoms with Crippen LogP contribution >= 0.6 is 0 Å². The molecule has 2 aromatic carbocycles. The summed E-state index contributed by atoms with van der Waals surface area (Å²) >= 11 is 0. The molecule has 0 spiro atoms. The van der Waals surface area contributed by atoms with E-state index in [9.17, 15) is 4.79 Å². The average molecular weight is 375 g/mol. The molecule has 5 nitrogen and oxygen atoms in total. The van der Waals surface area contributed by atoms with Gasteiger partial charge in [0.2, 0.25) is 0 Å². The van der Waals surface area contributed by atoms with Crippen LogP contribution in [-0.2, 0) is 0 Å². The monoisotopic (exact) mass is 375 g/mol. The van der Waals surface area contributed by atoms with Crippen LogP contribution in [0.5, 0.6) is 5.75 Å². The first kappa shape index (κ1) is 17.9. The van der Waals surface area contributed by atoms with E-state index in [1.165, 1.54) is 0 Å². The predicted octanol–water partition coefficient (Wildman–Crippen LogP) is 4.99. The standard InChI is InChI=1S/C23H21NO4/c1-2-26-21-12-11-16-7-3-4-8-17(16)22(21)23(25)24-15-18(19-9-5-13-27-19)20-10-6-14-28-20/h3-14,18H,2,15H2,1H3,(H,24,25). The molecule has 0 aliphatic heterocycles. The van der Waals surface area contributed by atoms with Crippen LogP contribution in [0, 0.1) is 0 Å². The van der Waals surface area contributed by atoms with E-state index in [2.05, 4.69) is 5.32 Å². The summed E-state index contributed by atoms with van der Waals surface area (Å²) in [5.41, 5.74) is 0.539. The zero-order chi connectivity index (χ0) is 19.3. The van der Waals surface area contributed by atoms with E-state index in [-0.39, 0.29) is 11.8 Å². The predicted molar refractivity (Wildman–Crippen MR) is 107 cm³/mol. The number of benzene rings is 2. The Morgan fingerprint density at radius 3 is 2.32 bits per heavy atom. The van der Waals surface area contributed by atoms with E-state index in [0.29, 0.717) is 24.5 Å². The van der Waals surface area contributed by atoms with E-state index in [4.69, 9.17) is 13.6 Å². The minimum absolute atomic E-state index is 0.191. The van der Waals surface area contributed by atoms with E-state index in [1.54, 1.807) is 12.5 Å². The fourth-order valence-corrected chi connectivity index (χ4v) is 3.37. The molecule has 1 N–H and O–H groups in total. The van der Waals surface area contributed by atoms with Crippen molar-refractivity contribution in [1.82, 2.24) is 5.32 Å². The highest BCUT2D eigenvalue weighted by Crippen LogP contribution is 2.29. The molecule has 0 fully saturated rings. The van der Waals surface area contributed by atoms with Gasteiger partial charge in [0.25, 0.3) is 5.91 Å². The van der Waals surface area contributed by atoms with E-state index in [0.717, 1.165) is 22.3 Å². The van der Waals surface area contributed by atoms with Gasteiger partial charge in [-0.3, -0.25) is 4.79 Å². The maximum Gasteiger partial charge on any atom is 0.255 e. The van der Waals surface area contributed by atoms with Gasteiger partial charge in [-0.1, -0.05) is 30.3 Å². The number of hydrogen-bond donors (Lipinski definition) is 1. The van der Waals surface area contributed by atoms with Crippen molar-refractivity contribution >= 4 is 16.7 Å². The van der Waals surface area contributed by atoms with Crippen LogP contribution < -0.4 is 10.1 Å². The third kappa shape index (κ3) is 3.51.